The summed E-state index contributed by atoms with van der Waals surface area (Å²) in [6.45, 7) is -3.16. The summed E-state index contributed by atoms with van der Waals surface area (Å²) in [5.41, 5.74) is -1.09. The van der Waals surface area contributed by atoms with Crippen molar-refractivity contribution in [2.24, 2.45) is 0 Å². The van der Waals surface area contributed by atoms with Crippen LogP contribution < -0.4 is 0 Å². The number of amides is 1. The number of aliphatic hydroxyl groups excluding tert-OH is 1. The molecule has 0 aromatic heterocycles. The van der Waals surface area contributed by atoms with Gasteiger partial charge in [0, 0.05) is 11.0 Å². The lowest BCUT2D eigenvalue weighted by atomic mass is 10.1. The summed E-state index contributed by atoms with van der Waals surface area (Å²) in [5, 5.41) is 8.66. The van der Waals surface area contributed by atoms with Crippen molar-refractivity contribution < 1.29 is 31.9 Å². The van der Waals surface area contributed by atoms with Gasteiger partial charge in [-0.2, -0.15) is 13.2 Å². The van der Waals surface area contributed by atoms with Crippen LogP contribution in [0.25, 0.3) is 0 Å². The third kappa shape index (κ3) is 4.41. The average Bonchev–Trinajstić information content (AvgIpc) is 2.24. The molecule has 1 aromatic carbocycles. The van der Waals surface area contributed by atoms with Crippen molar-refractivity contribution in [2.45, 2.75) is 6.18 Å². The molecule has 3 nitrogen and oxygen atoms in total. The summed E-state index contributed by atoms with van der Waals surface area (Å²) in [5.74, 6) is -4.04. The highest BCUT2D eigenvalue weighted by molar-refractivity contribution is 9.10. The standard InChI is InChI=1S/C11H9BrF5NO2/c12-6-3-7(13)9(8(14)4-6)10(20)18(1-2-19)5-11(15,16)17/h3-4,19H,1-2,5H2. The molecule has 1 rings (SSSR count). The summed E-state index contributed by atoms with van der Waals surface area (Å²) in [7, 11) is 0. The number of benzene rings is 1. The monoisotopic (exact) mass is 361 g/mol. The van der Waals surface area contributed by atoms with Gasteiger partial charge < -0.3 is 10.0 Å². The summed E-state index contributed by atoms with van der Waals surface area (Å²) < 4.78 is 64.0. The number of hydrogen-bond acceptors (Lipinski definition) is 2. The predicted octanol–water partition coefficient (Wildman–Crippen LogP) is 2.72. The zero-order valence-electron chi connectivity index (χ0n) is 9.85. The van der Waals surface area contributed by atoms with Crippen LogP contribution in [0.3, 0.4) is 0 Å². The van der Waals surface area contributed by atoms with Gasteiger partial charge in [-0.3, -0.25) is 4.79 Å². The van der Waals surface area contributed by atoms with E-state index < -0.39 is 49.0 Å². The van der Waals surface area contributed by atoms with Crippen molar-refractivity contribution in [3.05, 3.63) is 33.8 Å². The molecule has 0 spiro atoms. The topological polar surface area (TPSA) is 40.5 Å². The van der Waals surface area contributed by atoms with E-state index in [9.17, 15) is 26.7 Å². The Labute approximate surface area is 119 Å². The van der Waals surface area contributed by atoms with Gasteiger partial charge >= 0.3 is 6.18 Å². The van der Waals surface area contributed by atoms with Crippen LogP contribution in [0.5, 0.6) is 0 Å². The first-order chi connectivity index (χ1) is 9.15. The molecule has 0 aliphatic rings. The number of halogens is 6. The van der Waals surface area contributed by atoms with E-state index in [0.717, 1.165) is 12.1 Å². The molecule has 0 saturated carbocycles. The van der Waals surface area contributed by atoms with Crippen molar-refractivity contribution in [1.29, 1.82) is 0 Å². The summed E-state index contributed by atoms with van der Waals surface area (Å²) >= 11 is 2.79. The number of aliphatic hydroxyl groups is 1. The Morgan fingerprint density at radius 3 is 2.15 bits per heavy atom. The highest BCUT2D eigenvalue weighted by atomic mass is 79.9. The second-order valence-corrected chi connectivity index (χ2v) is 4.73. The maximum atomic E-state index is 13.5. The van der Waals surface area contributed by atoms with Crippen molar-refractivity contribution >= 4 is 21.8 Å². The molecule has 0 aliphatic carbocycles. The van der Waals surface area contributed by atoms with Crippen LogP contribution in [-0.4, -0.2) is 41.8 Å². The molecule has 0 aliphatic heterocycles. The van der Waals surface area contributed by atoms with E-state index in [1.54, 1.807) is 0 Å². The molecule has 1 N–H and O–H groups in total. The van der Waals surface area contributed by atoms with Gasteiger partial charge in [0.05, 0.1) is 6.61 Å². The highest BCUT2D eigenvalue weighted by Gasteiger charge is 2.34. The number of alkyl halides is 3. The number of carbonyl (C=O) groups is 1. The van der Waals surface area contributed by atoms with E-state index in [4.69, 9.17) is 5.11 Å². The van der Waals surface area contributed by atoms with Crippen LogP contribution in [0.15, 0.2) is 16.6 Å². The lowest BCUT2D eigenvalue weighted by molar-refractivity contribution is -0.141. The van der Waals surface area contributed by atoms with Gasteiger partial charge in [0.1, 0.15) is 23.7 Å². The molecule has 0 fully saturated rings. The summed E-state index contributed by atoms with van der Waals surface area (Å²) in [6, 6.07) is 1.53. The van der Waals surface area contributed by atoms with Crippen LogP contribution in [0, 0.1) is 11.6 Å². The molecule has 1 aromatic rings. The molecular formula is C11H9BrF5NO2. The first kappa shape index (κ1) is 16.8. The average molecular weight is 362 g/mol. The molecule has 1 amide bonds. The maximum Gasteiger partial charge on any atom is 0.406 e. The smallest absolute Gasteiger partial charge is 0.395 e. The number of hydrogen-bond donors (Lipinski definition) is 1. The number of nitrogens with zero attached hydrogens (tertiary/aromatic N) is 1. The molecule has 0 bridgehead atoms. The minimum absolute atomic E-state index is 0.00794. The number of rotatable bonds is 4. The second kappa shape index (κ2) is 6.49. The molecule has 112 valence electrons. The van der Waals surface area contributed by atoms with Crippen LogP contribution >= 0.6 is 15.9 Å². The van der Waals surface area contributed by atoms with E-state index in [1.807, 2.05) is 0 Å². The van der Waals surface area contributed by atoms with Gasteiger partial charge in [0.25, 0.3) is 5.91 Å². The van der Waals surface area contributed by atoms with Gasteiger partial charge in [0.2, 0.25) is 0 Å². The van der Waals surface area contributed by atoms with E-state index in [-0.39, 0.29) is 9.37 Å². The first-order valence-corrected chi connectivity index (χ1v) is 6.06. The Morgan fingerprint density at radius 2 is 1.75 bits per heavy atom. The van der Waals surface area contributed by atoms with Gasteiger partial charge in [-0.1, -0.05) is 15.9 Å². The zero-order valence-corrected chi connectivity index (χ0v) is 11.4. The predicted molar refractivity (Wildman–Crippen MR) is 63.1 cm³/mol. The molecular weight excluding hydrogens is 353 g/mol. The first-order valence-electron chi connectivity index (χ1n) is 5.27. The van der Waals surface area contributed by atoms with Crippen molar-refractivity contribution in [1.82, 2.24) is 4.90 Å². The lowest BCUT2D eigenvalue weighted by Gasteiger charge is -2.23. The van der Waals surface area contributed by atoms with Gasteiger partial charge in [-0.15, -0.1) is 0 Å². The third-order valence-corrected chi connectivity index (χ3v) is 2.71. The van der Waals surface area contributed by atoms with Crippen molar-refractivity contribution in [3.8, 4) is 0 Å². The summed E-state index contributed by atoms with van der Waals surface area (Å²) in [4.78, 5) is 11.9. The third-order valence-electron chi connectivity index (χ3n) is 2.25. The lowest BCUT2D eigenvalue weighted by Crippen LogP contribution is -2.41. The Kier molecular flexibility index (Phi) is 5.46. The quantitative estimate of drug-likeness (QED) is 0.837. The highest BCUT2D eigenvalue weighted by Crippen LogP contribution is 2.23. The van der Waals surface area contributed by atoms with Crippen LogP contribution in [0.4, 0.5) is 22.0 Å². The molecule has 20 heavy (non-hydrogen) atoms. The Balaban J connectivity index is 3.13. The molecule has 9 heteroatoms. The zero-order chi connectivity index (χ0) is 15.5. The Morgan fingerprint density at radius 1 is 1.25 bits per heavy atom. The Bertz CT molecular complexity index is 483. The van der Waals surface area contributed by atoms with E-state index >= 15 is 0 Å². The fourth-order valence-electron chi connectivity index (χ4n) is 1.49. The molecule has 0 radical (unpaired) electrons. The van der Waals surface area contributed by atoms with E-state index in [2.05, 4.69) is 15.9 Å². The van der Waals surface area contributed by atoms with E-state index in [1.165, 1.54) is 0 Å². The second-order valence-electron chi connectivity index (χ2n) is 3.81. The molecule has 0 atom stereocenters. The largest absolute Gasteiger partial charge is 0.406 e. The fraction of sp³-hybridized carbons (Fsp3) is 0.364. The summed E-state index contributed by atoms with van der Waals surface area (Å²) in [6.07, 6.45) is -4.74. The molecule has 0 saturated heterocycles. The minimum Gasteiger partial charge on any atom is -0.395 e. The van der Waals surface area contributed by atoms with Crippen LogP contribution in [0.1, 0.15) is 10.4 Å². The number of carbonyl (C=O) groups excluding carboxylic acids is 1. The minimum atomic E-state index is -4.74. The van der Waals surface area contributed by atoms with Gasteiger partial charge in [-0.25, -0.2) is 8.78 Å². The normalized spacial score (nSPS) is 11.6. The van der Waals surface area contributed by atoms with E-state index in [0.29, 0.717) is 0 Å². The van der Waals surface area contributed by atoms with Crippen LogP contribution in [0.2, 0.25) is 0 Å². The maximum absolute atomic E-state index is 13.5. The van der Waals surface area contributed by atoms with Crippen LogP contribution in [-0.2, 0) is 0 Å². The molecule has 0 heterocycles. The van der Waals surface area contributed by atoms with Crippen molar-refractivity contribution in [3.63, 3.8) is 0 Å². The van der Waals surface area contributed by atoms with Gasteiger partial charge in [-0.05, 0) is 12.1 Å². The SMILES string of the molecule is O=C(c1c(F)cc(Br)cc1F)N(CCO)CC(F)(F)F. The Hall–Kier alpha value is -1.22. The molecule has 0 unspecified atom stereocenters. The fourth-order valence-corrected chi connectivity index (χ4v) is 1.90. The van der Waals surface area contributed by atoms with Crippen molar-refractivity contribution in [2.75, 3.05) is 19.7 Å². The van der Waals surface area contributed by atoms with Gasteiger partial charge in [0.15, 0.2) is 0 Å².